The van der Waals surface area contributed by atoms with Crippen LogP contribution >= 0.6 is 22.7 Å². The van der Waals surface area contributed by atoms with Crippen molar-refractivity contribution in [2.75, 3.05) is 0 Å². The van der Waals surface area contributed by atoms with Gasteiger partial charge in [0.2, 0.25) is 0 Å². The molecule has 0 saturated heterocycles. The summed E-state index contributed by atoms with van der Waals surface area (Å²) in [7, 11) is -1.46. The Hall–Kier alpha value is -1.80. The molecule has 4 nitrogen and oxygen atoms in total. The molecule has 102 valence electrons. The van der Waals surface area contributed by atoms with Crippen LogP contribution in [0.15, 0.2) is 42.5 Å². The molecule has 0 aliphatic heterocycles. The third-order valence-corrected chi connectivity index (χ3v) is 5.38. The Morgan fingerprint density at radius 3 is 2.19 bits per heavy atom. The maximum Gasteiger partial charge on any atom is 0.488 e. The fraction of sp³-hybridized carbons (Fsp3) is 0. The fourth-order valence-electron chi connectivity index (χ4n) is 2.16. The third-order valence-electron chi connectivity index (χ3n) is 3.19. The van der Waals surface area contributed by atoms with Crippen molar-refractivity contribution in [2.24, 2.45) is 0 Å². The molecule has 0 bridgehead atoms. The fourth-order valence-corrected chi connectivity index (χ4v) is 4.16. The van der Waals surface area contributed by atoms with E-state index < -0.39 is 7.12 Å². The minimum absolute atomic E-state index is 0.474. The smallest absolute Gasteiger partial charge is 0.423 e. The van der Waals surface area contributed by atoms with Gasteiger partial charge in [0.25, 0.3) is 0 Å². The molecule has 2 N–H and O–H groups in total. The van der Waals surface area contributed by atoms with Crippen molar-refractivity contribution in [3.8, 4) is 10.0 Å². The molecule has 21 heavy (non-hydrogen) atoms. The van der Waals surface area contributed by atoms with Crippen LogP contribution in [0.5, 0.6) is 0 Å². The highest BCUT2D eigenvalue weighted by atomic mass is 32.1. The second-order valence-electron chi connectivity index (χ2n) is 4.61. The van der Waals surface area contributed by atoms with E-state index in [0.29, 0.717) is 5.46 Å². The number of rotatable bonds is 2. The van der Waals surface area contributed by atoms with Crippen LogP contribution in [0.1, 0.15) is 0 Å². The summed E-state index contributed by atoms with van der Waals surface area (Å²) in [5.41, 5.74) is 2.30. The standard InChI is InChI=1S/C14H9BN2O2S2/c18-15(19)8-5-6-10-12(7-8)21-14(17-10)13-16-9-3-1-2-4-11(9)20-13/h1-7,18-19H. The number of hydrogen-bond acceptors (Lipinski definition) is 6. The number of hydrogen-bond donors (Lipinski definition) is 2. The minimum Gasteiger partial charge on any atom is -0.423 e. The molecular weight excluding hydrogens is 303 g/mol. The van der Waals surface area contributed by atoms with Crippen LogP contribution in [0.4, 0.5) is 0 Å². The van der Waals surface area contributed by atoms with E-state index in [0.717, 1.165) is 30.4 Å². The highest BCUT2D eigenvalue weighted by Gasteiger charge is 2.15. The van der Waals surface area contributed by atoms with E-state index in [-0.39, 0.29) is 0 Å². The summed E-state index contributed by atoms with van der Waals surface area (Å²) in [6.45, 7) is 0. The Labute approximate surface area is 128 Å². The first-order valence-corrected chi connectivity index (χ1v) is 7.96. The summed E-state index contributed by atoms with van der Waals surface area (Å²) in [5.74, 6) is 0. The molecule has 0 radical (unpaired) electrons. The van der Waals surface area contributed by atoms with Crippen LogP contribution < -0.4 is 5.46 Å². The molecule has 2 aromatic heterocycles. The maximum absolute atomic E-state index is 9.23. The van der Waals surface area contributed by atoms with E-state index in [4.69, 9.17) is 0 Å². The van der Waals surface area contributed by atoms with Crippen molar-refractivity contribution in [3.05, 3.63) is 42.5 Å². The van der Waals surface area contributed by atoms with E-state index in [1.54, 1.807) is 29.5 Å². The molecule has 0 saturated carbocycles. The average molecular weight is 312 g/mol. The summed E-state index contributed by atoms with van der Waals surface area (Å²) < 4.78 is 2.06. The molecule has 0 fully saturated rings. The predicted molar refractivity (Wildman–Crippen MR) is 88.1 cm³/mol. The lowest BCUT2D eigenvalue weighted by molar-refractivity contribution is 0.426. The van der Waals surface area contributed by atoms with Crippen LogP contribution in [-0.2, 0) is 0 Å². The van der Waals surface area contributed by atoms with Crippen LogP contribution in [0.25, 0.3) is 30.4 Å². The first-order valence-electron chi connectivity index (χ1n) is 6.33. The van der Waals surface area contributed by atoms with Gasteiger partial charge in [-0.2, -0.15) is 0 Å². The largest absolute Gasteiger partial charge is 0.488 e. The van der Waals surface area contributed by atoms with Crippen molar-refractivity contribution < 1.29 is 10.0 Å². The average Bonchev–Trinajstić information content (AvgIpc) is 3.09. The molecule has 0 atom stereocenters. The number of benzene rings is 2. The van der Waals surface area contributed by atoms with E-state index in [1.165, 1.54) is 11.3 Å². The van der Waals surface area contributed by atoms with Gasteiger partial charge < -0.3 is 10.0 Å². The molecule has 2 aromatic carbocycles. The number of nitrogens with zero attached hydrogens (tertiary/aromatic N) is 2. The Bertz CT molecular complexity index is 915. The maximum atomic E-state index is 9.23. The van der Waals surface area contributed by atoms with E-state index in [2.05, 4.69) is 9.97 Å². The Morgan fingerprint density at radius 2 is 1.48 bits per heavy atom. The number of thiazole rings is 2. The molecule has 0 unspecified atom stereocenters. The topological polar surface area (TPSA) is 66.2 Å². The van der Waals surface area contributed by atoms with E-state index in [1.807, 2.05) is 24.3 Å². The van der Waals surface area contributed by atoms with Crippen LogP contribution in [0.3, 0.4) is 0 Å². The Kier molecular flexibility index (Phi) is 3.00. The van der Waals surface area contributed by atoms with Crippen molar-refractivity contribution in [2.45, 2.75) is 0 Å². The number of fused-ring (bicyclic) bond motifs is 2. The number of aromatic nitrogens is 2. The van der Waals surface area contributed by atoms with Gasteiger partial charge >= 0.3 is 7.12 Å². The van der Waals surface area contributed by atoms with Gasteiger partial charge in [-0.15, -0.1) is 22.7 Å². The second kappa shape index (κ2) is 4.89. The van der Waals surface area contributed by atoms with Gasteiger partial charge in [-0.25, -0.2) is 9.97 Å². The molecule has 4 aromatic rings. The molecule has 4 rings (SSSR count). The summed E-state index contributed by atoms with van der Waals surface area (Å²) >= 11 is 3.13. The molecule has 2 heterocycles. The molecule has 7 heteroatoms. The molecule has 0 aliphatic rings. The summed E-state index contributed by atoms with van der Waals surface area (Å²) in [6.07, 6.45) is 0. The SMILES string of the molecule is OB(O)c1ccc2nc(-c3nc4ccccc4s3)sc2c1. The summed E-state index contributed by atoms with van der Waals surface area (Å²) in [4.78, 5) is 9.19. The lowest BCUT2D eigenvalue weighted by Gasteiger charge is -1.96. The van der Waals surface area contributed by atoms with Gasteiger partial charge in [0.15, 0.2) is 10.0 Å². The minimum atomic E-state index is -1.46. The van der Waals surface area contributed by atoms with Crippen LogP contribution in [-0.4, -0.2) is 27.1 Å². The summed E-state index contributed by atoms with van der Waals surface area (Å²) in [5, 5.41) is 20.2. The van der Waals surface area contributed by atoms with E-state index in [9.17, 15) is 10.0 Å². The third kappa shape index (κ3) is 2.24. The Morgan fingerprint density at radius 1 is 0.810 bits per heavy atom. The lowest BCUT2D eigenvalue weighted by Crippen LogP contribution is -2.29. The van der Waals surface area contributed by atoms with Gasteiger partial charge in [0, 0.05) is 0 Å². The second-order valence-corrected chi connectivity index (χ2v) is 6.67. The van der Waals surface area contributed by atoms with Gasteiger partial charge in [0.05, 0.1) is 20.4 Å². The van der Waals surface area contributed by atoms with Crippen molar-refractivity contribution >= 4 is 55.7 Å². The van der Waals surface area contributed by atoms with Crippen LogP contribution in [0, 0.1) is 0 Å². The zero-order valence-electron chi connectivity index (χ0n) is 10.7. The quantitative estimate of drug-likeness (QED) is 0.557. The lowest BCUT2D eigenvalue weighted by atomic mass is 9.80. The van der Waals surface area contributed by atoms with Crippen molar-refractivity contribution in [3.63, 3.8) is 0 Å². The van der Waals surface area contributed by atoms with Crippen molar-refractivity contribution in [1.82, 2.24) is 9.97 Å². The monoisotopic (exact) mass is 312 g/mol. The van der Waals surface area contributed by atoms with E-state index >= 15 is 0 Å². The molecule has 0 aliphatic carbocycles. The summed E-state index contributed by atoms with van der Waals surface area (Å²) in [6, 6.07) is 13.2. The van der Waals surface area contributed by atoms with Crippen LogP contribution in [0.2, 0.25) is 0 Å². The van der Waals surface area contributed by atoms with Gasteiger partial charge in [-0.1, -0.05) is 18.2 Å². The normalized spacial score (nSPS) is 11.3. The highest BCUT2D eigenvalue weighted by Crippen LogP contribution is 2.34. The predicted octanol–water partition coefficient (Wildman–Crippen LogP) is 2.25. The molecule has 0 spiro atoms. The molecule has 0 amide bonds. The Balaban J connectivity index is 1.86. The van der Waals surface area contributed by atoms with Gasteiger partial charge in [-0.05, 0) is 29.7 Å². The highest BCUT2D eigenvalue weighted by molar-refractivity contribution is 7.27. The van der Waals surface area contributed by atoms with Gasteiger partial charge in [-0.3, -0.25) is 0 Å². The number of para-hydroxylation sites is 1. The first kappa shape index (κ1) is 12.9. The molecular formula is C14H9BN2O2S2. The first-order chi connectivity index (χ1) is 10.2. The van der Waals surface area contributed by atoms with Crippen molar-refractivity contribution in [1.29, 1.82) is 0 Å². The zero-order valence-corrected chi connectivity index (χ0v) is 12.4. The van der Waals surface area contributed by atoms with Gasteiger partial charge in [0.1, 0.15) is 0 Å². The zero-order chi connectivity index (χ0) is 14.4.